The highest BCUT2D eigenvalue weighted by Crippen LogP contribution is 2.40. The van der Waals surface area contributed by atoms with E-state index in [0.717, 1.165) is 35.1 Å². The zero-order valence-electron chi connectivity index (χ0n) is 16.5. The maximum Gasteiger partial charge on any atom is 0.258 e. The number of nitrogens with zero attached hydrogens (tertiary/aromatic N) is 3. The normalized spacial score (nSPS) is 19.0. The number of hydrogen-bond acceptors (Lipinski definition) is 7. The van der Waals surface area contributed by atoms with Crippen LogP contribution in [0.15, 0.2) is 35.5 Å². The van der Waals surface area contributed by atoms with Crippen LogP contribution in [0.4, 0.5) is 11.8 Å². The van der Waals surface area contributed by atoms with Gasteiger partial charge in [-0.1, -0.05) is 17.7 Å². The molecule has 1 aromatic carbocycles. The molecule has 1 saturated carbocycles. The predicted molar refractivity (Wildman–Crippen MR) is 119 cm³/mol. The molecule has 3 aromatic rings. The molecule has 31 heavy (non-hydrogen) atoms. The monoisotopic (exact) mass is 457 g/mol. The van der Waals surface area contributed by atoms with Crippen molar-refractivity contribution < 1.29 is 14.1 Å². The predicted octanol–water partition coefficient (Wildman–Crippen LogP) is 2.92. The van der Waals surface area contributed by atoms with Crippen LogP contribution in [0, 0.1) is 0 Å². The summed E-state index contributed by atoms with van der Waals surface area (Å²) < 4.78 is 12.7. The van der Waals surface area contributed by atoms with Crippen molar-refractivity contribution in [3.8, 4) is 0 Å². The lowest BCUT2D eigenvalue weighted by Crippen LogP contribution is -2.48. The van der Waals surface area contributed by atoms with Crippen molar-refractivity contribution in [1.82, 2.24) is 15.0 Å². The Bertz CT molecular complexity index is 1210. The molecule has 2 aromatic heterocycles. The second-order valence-electron chi connectivity index (χ2n) is 7.90. The number of pyridine rings is 1. The van der Waals surface area contributed by atoms with E-state index in [1.807, 2.05) is 6.07 Å². The van der Waals surface area contributed by atoms with Crippen LogP contribution < -0.4 is 10.6 Å². The van der Waals surface area contributed by atoms with Gasteiger partial charge in [0.15, 0.2) is 0 Å². The second-order valence-corrected chi connectivity index (χ2v) is 9.84. The van der Waals surface area contributed by atoms with Gasteiger partial charge in [0, 0.05) is 16.7 Å². The number of rotatable bonds is 5. The third kappa shape index (κ3) is 3.66. The average molecular weight is 458 g/mol. The van der Waals surface area contributed by atoms with E-state index >= 15 is 0 Å². The molecule has 1 aliphatic carbocycles. The van der Waals surface area contributed by atoms with Crippen LogP contribution in [0.25, 0.3) is 10.9 Å². The second kappa shape index (κ2) is 7.81. The van der Waals surface area contributed by atoms with Crippen LogP contribution in [0.5, 0.6) is 0 Å². The first-order valence-electron chi connectivity index (χ1n) is 10.0. The van der Waals surface area contributed by atoms with Gasteiger partial charge in [-0.05, 0) is 43.4 Å². The summed E-state index contributed by atoms with van der Waals surface area (Å²) in [6, 6.07) is 5.26. The number of aromatic nitrogens is 3. The summed E-state index contributed by atoms with van der Waals surface area (Å²) in [7, 11) is -1.14. The van der Waals surface area contributed by atoms with Crippen molar-refractivity contribution in [3.63, 3.8) is 0 Å². The molecule has 0 bridgehead atoms. The number of halogens is 1. The van der Waals surface area contributed by atoms with E-state index in [0.29, 0.717) is 34.1 Å². The minimum atomic E-state index is -1.14. The molecule has 2 aliphatic rings. The number of aryl methyl sites for hydroxylation is 1. The zero-order valence-corrected chi connectivity index (χ0v) is 18.1. The van der Waals surface area contributed by atoms with E-state index in [-0.39, 0.29) is 18.5 Å². The SMILES string of the molecule is O=C(Nc1ncc(Cl)cn1)c1ccc2c3c(c(NC4(CO)CCC4)nc2c1)S(=O)CC3. The van der Waals surface area contributed by atoms with Gasteiger partial charge in [0.2, 0.25) is 5.95 Å². The fraction of sp³-hybridized carbons (Fsp3) is 0.333. The van der Waals surface area contributed by atoms with Crippen molar-refractivity contribution in [2.24, 2.45) is 0 Å². The fourth-order valence-corrected chi connectivity index (χ4v) is 5.55. The number of amides is 1. The first-order valence-corrected chi connectivity index (χ1v) is 11.7. The Balaban J connectivity index is 1.52. The molecular formula is C21H20ClN5O3S. The van der Waals surface area contributed by atoms with Crippen molar-refractivity contribution in [2.45, 2.75) is 36.1 Å². The number of anilines is 2. The summed E-state index contributed by atoms with van der Waals surface area (Å²) in [5, 5.41) is 17.1. The van der Waals surface area contributed by atoms with E-state index < -0.39 is 16.3 Å². The lowest BCUT2D eigenvalue weighted by atomic mass is 9.77. The third-order valence-corrected chi connectivity index (χ3v) is 7.58. The molecule has 1 atom stereocenters. The summed E-state index contributed by atoms with van der Waals surface area (Å²) in [5.41, 5.74) is 1.62. The number of carbonyl (C=O) groups is 1. The van der Waals surface area contributed by atoms with Gasteiger partial charge in [0.1, 0.15) is 5.82 Å². The number of fused-ring (bicyclic) bond motifs is 3. The number of aliphatic hydroxyl groups excluding tert-OH is 1. The fourth-order valence-electron chi connectivity index (χ4n) is 4.06. The minimum absolute atomic E-state index is 0.00232. The Kier molecular flexibility index (Phi) is 5.11. The summed E-state index contributed by atoms with van der Waals surface area (Å²) in [6.07, 6.45) is 6.22. The number of hydrogen-bond donors (Lipinski definition) is 3. The van der Waals surface area contributed by atoms with Gasteiger partial charge >= 0.3 is 0 Å². The minimum Gasteiger partial charge on any atom is -0.394 e. The first-order chi connectivity index (χ1) is 15.0. The van der Waals surface area contributed by atoms with Crippen LogP contribution >= 0.6 is 11.6 Å². The Hall–Kier alpha value is -2.62. The van der Waals surface area contributed by atoms with Gasteiger partial charge in [0.05, 0.1) is 50.8 Å². The van der Waals surface area contributed by atoms with Crippen molar-refractivity contribution in [3.05, 3.63) is 46.7 Å². The Morgan fingerprint density at radius 2 is 2.03 bits per heavy atom. The van der Waals surface area contributed by atoms with Gasteiger partial charge in [-0.15, -0.1) is 0 Å². The molecule has 1 aliphatic heterocycles. The molecule has 3 N–H and O–H groups in total. The van der Waals surface area contributed by atoms with Gasteiger partial charge in [-0.25, -0.2) is 15.0 Å². The van der Waals surface area contributed by atoms with Crippen molar-refractivity contribution >= 4 is 51.0 Å². The van der Waals surface area contributed by atoms with E-state index in [1.54, 1.807) is 12.1 Å². The van der Waals surface area contributed by atoms with Crippen LogP contribution in [-0.2, 0) is 17.2 Å². The van der Waals surface area contributed by atoms with E-state index in [2.05, 4.69) is 20.6 Å². The number of benzene rings is 1. The average Bonchev–Trinajstić information content (AvgIpc) is 3.14. The van der Waals surface area contributed by atoms with E-state index in [9.17, 15) is 14.1 Å². The summed E-state index contributed by atoms with van der Waals surface area (Å²) in [6.45, 7) is -0.00232. The van der Waals surface area contributed by atoms with Crippen molar-refractivity contribution in [2.75, 3.05) is 23.0 Å². The van der Waals surface area contributed by atoms with E-state index in [4.69, 9.17) is 16.6 Å². The van der Waals surface area contributed by atoms with Gasteiger partial charge in [-0.3, -0.25) is 14.3 Å². The number of nitrogens with one attached hydrogen (secondary N) is 2. The highest BCUT2D eigenvalue weighted by atomic mass is 35.5. The first kappa shape index (κ1) is 20.3. The van der Waals surface area contributed by atoms with Gasteiger partial charge < -0.3 is 10.4 Å². The topological polar surface area (TPSA) is 117 Å². The Labute approximate surface area is 185 Å². The smallest absolute Gasteiger partial charge is 0.258 e. The molecule has 0 radical (unpaired) electrons. The van der Waals surface area contributed by atoms with Crippen LogP contribution in [0.3, 0.4) is 0 Å². The molecule has 1 fully saturated rings. The van der Waals surface area contributed by atoms with Gasteiger partial charge in [-0.2, -0.15) is 0 Å². The number of carbonyl (C=O) groups excluding carboxylic acids is 1. The number of aliphatic hydroxyl groups is 1. The van der Waals surface area contributed by atoms with Crippen LogP contribution in [0.2, 0.25) is 5.02 Å². The molecular weight excluding hydrogens is 438 g/mol. The van der Waals surface area contributed by atoms with Crippen molar-refractivity contribution in [1.29, 1.82) is 0 Å². The summed E-state index contributed by atoms with van der Waals surface area (Å²) in [4.78, 5) is 26.1. The Morgan fingerprint density at radius 3 is 2.71 bits per heavy atom. The molecule has 3 heterocycles. The molecule has 1 amide bonds. The molecule has 10 heteroatoms. The van der Waals surface area contributed by atoms with E-state index in [1.165, 1.54) is 12.4 Å². The highest BCUT2D eigenvalue weighted by Gasteiger charge is 2.38. The molecule has 160 valence electrons. The standard InChI is InChI=1S/C21H20ClN5O3S/c22-13-9-23-20(24-10-13)26-19(29)12-2-3-14-15-4-7-31(30)17(15)18(25-16(14)8-12)27-21(11-28)5-1-6-21/h2-3,8-10,28H,1,4-7,11H2,(H,25,27)(H,23,24,26,29). The molecule has 8 nitrogen and oxygen atoms in total. The summed E-state index contributed by atoms with van der Waals surface area (Å²) >= 11 is 5.78. The lowest BCUT2D eigenvalue weighted by Gasteiger charge is -2.41. The lowest BCUT2D eigenvalue weighted by molar-refractivity contribution is 0.102. The van der Waals surface area contributed by atoms with Gasteiger partial charge in [0.25, 0.3) is 5.91 Å². The molecule has 0 spiro atoms. The maximum absolute atomic E-state index is 12.7. The molecule has 5 rings (SSSR count). The van der Waals surface area contributed by atoms with Crippen LogP contribution in [-0.4, -0.2) is 48.1 Å². The highest BCUT2D eigenvalue weighted by molar-refractivity contribution is 7.85. The largest absolute Gasteiger partial charge is 0.394 e. The quantitative estimate of drug-likeness (QED) is 0.539. The van der Waals surface area contributed by atoms with Crippen LogP contribution in [0.1, 0.15) is 35.2 Å². The summed E-state index contributed by atoms with van der Waals surface area (Å²) in [5.74, 6) is 0.887. The molecule has 0 saturated heterocycles. The molecule has 1 unspecified atom stereocenters. The third-order valence-electron chi connectivity index (χ3n) is 5.91. The Morgan fingerprint density at radius 1 is 1.26 bits per heavy atom. The maximum atomic E-state index is 12.7. The zero-order chi connectivity index (χ0) is 21.6.